The van der Waals surface area contributed by atoms with Gasteiger partial charge in [0.25, 0.3) is 0 Å². The van der Waals surface area contributed by atoms with Crippen LogP contribution >= 0.6 is 15.9 Å². The Bertz CT molecular complexity index is 367. The molecule has 1 rings (SSSR count). The normalized spacial score (nSPS) is 12.4. The van der Waals surface area contributed by atoms with Crippen LogP contribution in [0.2, 0.25) is 0 Å². The van der Waals surface area contributed by atoms with Crippen molar-refractivity contribution < 1.29 is 4.74 Å². The molecule has 2 heteroatoms. The number of alkyl halides is 1. The molecule has 1 atom stereocenters. The molecule has 21 heavy (non-hydrogen) atoms. The van der Waals surface area contributed by atoms with Gasteiger partial charge in [0.05, 0.1) is 7.11 Å². The van der Waals surface area contributed by atoms with Gasteiger partial charge in [-0.2, -0.15) is 0 Å². The van der Waals surface area contributed by atoms with Gasteiger partial charge in [0.2, 0.25) is 0 Å². The molecule has 1 aromatic carbocycles. The van der Waals surface area contributed by atoms with E-state index in [1.165, 1.54) is 62.5 Å². The Balaban J connectivity index is 2.36. The molecule has 120 valence electrons. The summed E-state index contributed by atoms with van der Waals surface area (Å²) in [6.45, 7) is 4.61. The molecule has 0 aromatic heterocycles. The Hall–Kier alpha value is -0.500. The molecule has 1 nitrogen and oxygen atoms in total. The van der Waals surface area contributed by atoms with E-state index < -0.39 is 0 Å². The molecule has 0 fully saturated rings. The lowest BCUT2D eigenvalue weighted by Gasteiger charge is -2.14. The van der Waals surface area contributed by atoms with Gasteiger partial charge in [-0.1, -0.05) is 80.8 Å². The monoisotopic (exact) mass is 354 g/mol. The zero-order valence-electron chi connectivity index (χ0n) is 14.0. The number of halogens is 1. The van der Waals surface area contributed by atoms with Crippen molar-refractivity contribution in [2.45, 2.75) is 76.5 Å². The van der Waals surface area contributed by atoms with Crippen LogP contribution in [0.3, 0.4) is 0 Å². The van der Waals surface area contributed by atoms with Gasteiger partial charge < -0.3 is 4.74 Å². The molecule has 0 saturated heterocycles. The largest absolute Gasteiger partial charge is 0.497 e. The Kier molecular flexibility index (Phi) is 9.82. The smallest absolute Gasteiger partial charge is 0.119 e. The standard InChI is InChI=1S/C19H31BrO/c1-4-5-6-7-8-9-10-11-16(2)18-12-17(15-20)13-19(14-18)21-3/h12-14,16H,4-11,15H2,1-3H3. The summed E-state index contributed by atoms with van der Waals surface area (Å²) in [6, 6.07) is 6.61. The van der Waals surface area contributed by atoms with Crippen LogP contribution in [0.15, 0.2) is 18.2 Å². The van der Waals surface area contributed by atoms with Gasteiger partial charge in [0.15, 0.2) is 0 Å². The van der Waals surface area contributed by atoms with E-state index in [9.17, 15) is 0 Å². The minimum Gasteiger partial charge on any atom is -0.497 e. The number of rotatable bonds is 11. The third kappa shape index (κ3) is 7.35. The molecule has 0 bridgehead atoms. The van der Waals surface area contributed by atoms with Crippen molar-refractivity contribution in [3.63, 3.8) is 0 Å². The first-order valence-corrected chi connectivity index (χ1v) is 9.57. The highest BCUT2D eigenvalue weighted by Crippen LogP contribution is 2.28. The number of benzene rings is 1. The van der Waals surface area contributed by atoms with E-state index in [0.717, 1.165) is 11.1 Å². The number of hydrogen-bond acceptors (Lipinski definition) is 1. The van der Waals surface area contributed by atoms with Crippen molar-refractivity contribution in [3.8, 4) is 5.75 Å². The van der Waals surface area contributed by atoms with Crippen molar-refractivity contribution >= 4 is 15.9 Å². The van der Waals surface area contributed by atoms with E-state index in [1.807, 2.05) is 0 Å². The van der Waals surface area contributed by atoms with Gasteiger partial charge in [-0.3, -0.25) is 0 Å². The van der Waals surface area contributed by atoms with Crippen LogP contribution in [0.25, 0.3) is 0 Å². The zero-order chi connectivity index (χ0) is 15.5. The molecule has 0 heterocycles. The topological polar surface area (TPSA) is 9.23 Å². The fraction of sp³-hybridized carbons (Fsp3) is 0.684. The van der Waals surface area contributed by atoms with Crippen molar-refractivity contribution in [2.24, 2.45) is 0 Å². The van der Waals surface area contributed by atoms with Crippen LogP contribution < -0.4 is 4.74 Å². The summed E-state index contributed by atoms with van der Waals surface area (Å²) < 4.78 is 5.41. The van der Waals surface area contributed by atoms with E-state index in [-0.39, 0.29) is 0 Å². The molecule has 1 unspecified atom stereocenters. The molecular formula is C19H31BrO. The van der Waals surface area contributed by atoms with Crippen LogP contribution in [0.5, 0.6) is 5.75 Å². The van der Waals surface area contributed by atoms with Crippen molar-refractivity contribution in [2.75, 3.05) is 7.11 Å². The maximum Gasteiger partial charge on any atom is 0.119 e. The predicted molar refractivity (Wildman–Crippen MR) is 96.7 cm³/mol. The summed E-state index contributed by atoms with van der Waals surface area (Å²) in [4.78, 5) is 0. The molecule has 1 aromatic rings. The molecule has 0 radical (unpaired) electrons. The predicted octanol–water partition coefficient (Wildman–Crippen LogP) is 6.83. The van der Waals surface area contributed by atoms with Crippen LogP contribution in [-0.2, 0) is 5.33 Å². The Morgan fingerprint density at radius 3 is 2.29 bits per heavy atom. The van der Waals surface area contributed by atoms with E-state index in [2.05, 4.69) is 48.0 Å². The van der Waals surface area contributed by atoms with Gasteiger partial charge in [-0.25, -0.2) is 0 Å². The summed E-state index contributed by atoms with van der Waals surface area (Å²) in [5, 5.41) is 0.890. The summed E-state index contributed by atoms with van der Waals surface area (Å²) in [5.41, 5.74) is 2.71. The van der Waals surface area contributed by atoms with Gasteiger partial charge in [-0.15, -0.1) is 0 Å². The zero-order valence-corrected chi connectivity index (χ0v) is 15.5. The lowest BCUT2D eigenvalue weighted by molar-refractivity contribution is 0.413. The van der Waals surface area contributed by atoms with E-state index >= 15 is 0 Å². The summed E-state index contributed by atoms with van der Waals surface area (Å²) in [5.74, 6) is 1.60. The van der Waals surface area contributed by atoms with E-state index in [4.69, 9.17) is 4.74 Å². The maximum atomic E-state index is 5.41. The quantitative estimate of drug-likeness (QED) is 0.312. The second-order valence-electron chi connectivity index (χ2n) is 6.06. The van der Waals surface area contributed by atoms with Crippen LogP contribution in [-0.4, -0.2) is 7.11 Å². The summed E-state index contributed by atoms with van der Waals surface area (Å²) >= 11 is 3.54. The lowest BCUT2D eigenvalue weighted by atomic mass is 9.93. The first-order valence-electron chi connectivity index (χ1n) is 8.45. The minimum atomic E-state index is 0.619. The second-order valence-corrected chi connectivity index (χ2v) is 6.62. The minimum absolute atomic E-state index is 0.619. The SMILES string of the molecule is CCCCCCCCCC(C)c1cc(CBr)cc(OC)c1. The van der Waals surface area contributed by atoms with Crippen molar-refractivity contribution in [3.05, 3.63) is 29.3 Å². The van der Waals surface area contributed by atoms with Crippen LogP contribution in [0, 0.1) is 0 Å². The Morgan fingerprint density at radius 2 is 1.67 bits per heavy atom. The van der Waals surface area contributed by atoms with E-state index in [0.29, 0.717) is 5.92 Å². The Labute approximate surface area is 139 Å². The average Bonchev–Trinajstić information content (AvgIpc) is 2.53. The van der Waals surface area contributed by atoms with Gasteiger partial charge in [0.1, 0.15) is 5.75 Å². The third-order valence-electron chi connectivity index (χ3n) is 4.19. The molecular weight excluding hydrogens is 324 g/mol. The summed E-state index contributed by atoms with van der Waals surface area (Å²) in [7, 11) is 1.75. The van der Waals surface area contributed by atoms with Gasteiger partial charge >= 0.3 is 0 Å². The van der Waals surface area contributed by atoms with Crippen molar-refractivity contribution in [1.82, 2.24) is 0 Å². The first kappa shape index (κ1) is 18.5. The van der Waals surface area contributed by atoms with Gasteiger partial charge in [0, 0.05) is 5.33 Å². The lowest BCUT2D eigenvalue weighted by Crippen LogP contribution is -1.97. The number of ether oxygens (including phenoxy) is 1. The Morgan fingerprint density at radius 1 is 1.00 bits per heavy atom. The highest BCUT2D eigenvalue weighted by molar-refractivity contribution is 9.08. The molecule has 0 N–H and O–H groups in total. The molecule has 0 saturated carbocycles. The molecule has 0 amide bonds. The van der Waals surface area contributed by atoms with Crippen LogP contribution in [0.1, 0.15) is 82.3 Å². The molecule has 0 aliphatic rings. The van der Waals surface area contributed by atoms with E-state index in [1.54, 1.807) is 7.11 Å². The third-order valence-corrected chi connectivity index (χ3v) is 4.84. The maximum absolute atomic E-state index is 5.41. The fourth-order valence-electron chi connectivity index (χ4n) is 2.74. The van der Waals surface area contributed by atoms with Crippen molar-refractivity contribution in [1.29, 1.82) is 0 Å². The number of methoxy groups -OCH3 is 1. The average molecular weight is 355 g/mol. The molecule has 0 aliphatic carbocycles. The van der Waals surface area contributed by atoms with Crippen LogP contribution in [0.4, 0.5) is 0 Å². The highest BCUT2D eigenvalue weighted by Gasteiger charge is 2.08. The number of hydrogen-bond donors (Lipinski definition) is 0. The first-order chi connectivity index (χ1) is 10.2. The van der Waals surface area contributed by atoms with Gasteiger partial charge in [-0.05, 0) is 35.6 Å². The number of unbranched alkanes of at least 4 members (excludes halogenated alkanes) is 6. The molecule has 0 spiro atoms. The molecule has 0 aliphatic heterocycles. The summed E-state index contributed by atoms with van der Waals surface area (Å²) in [6.07, 6.45) is 11.0. The highest BCUT2D eigenvalue weighted by atomic mass is 79.9. The fourth-order valence-corrected chi connectivity index (χ4v) is 3.06. The second kappa shape index (κ2) is 11.1.